The van der Waals surface area contributed by atoms with E-state index in [-0.39, 0.29) is 23.5 Å². The molecule has 0 aromatic heterocycles. The molecule has 0 heterocycles. The van der Waals surface area contributed by atoms with Gasteiger partial charge in [0, 0.05) is 12.0 Å². The highest BCUT2D eigenvalue weighted by Gasteiger charge is 2.40. The maximum Gasteiger partial charge on any atom is 0.304 e. The zero-order valence-electron chi connectivity index (χ0n) is 18.5. The van der Waals surface area contributed by atoms with Gasteiger partial charge in [-0.25, -0.2) is 0 Å². The van der Waals surface area contributed by atoms with E-state index in [4.69, 9.17) is 9.53 Å². The van der Waals surface area contributed by atoms with E-state index >= 15 is 0 Å². The van der Waals surface area contributed by atoms with Crippen LogP contribution in [-0.4, -0.2) is 36.7 Å². The van der Waals surface area contributed by atoms with Gasteiger partial charge in [0.25, 0.3) is 0 Å². The van der Waals surface area contributed by atoms with E-state index in [1.807, 2.05) is 0 Å². The molecule has 0 aliphatic heterocycles. The van der Waals surface area contributed by atoms with Gasteiger partial charge < -0.3 is 14.6 Å². The summed E-state index contributed by atoms with van der Waals surface area (Å²) in [6.45, 7) is 15.9. The van der Waals surface area contributed by atoms with Crippen LogP contribution >= 0.6 is 0 Å². The molecule has 0 bridgehead atoms. The number of unbranched alkanes of at least 4 members (excludes halogenated alkanes) is 1. The predicted octanol–water partition coefficient (Wildman–Crippen LogP) is 5.77. The van der Waals surface area contributed by atoms with Crippen molar-refractivity contribution in [1.29, 1.82) is 0 Å². The lowest BCUT2D eigenvalue weighted by atomic mass is 9.89. The van der Waals surface area contributed by atoms with Crippen LogP contribution < -0.4 is 0 Å². The third-order valence-electron chi connectivity index (χ3n) is 6.57. The SMILES string of the molecule is CCCCC(C)C(CCC1=CC[C@H](O)[C@@H]1CC(=O)O)O[Si](C)(C)C(C)(C)C. The summed E-state index contributed by atoms with van der Waals surface area (Å²) < 4.78 is 6.80. The van der Waals surface area contributed by atoms with Gasteiger partial charge in [0.2, 0.25) is 0 Å². The average molecular weight is 399 g/mol. The molecular weight excluding hydrogens is 356 g/mol. The van der Waals surface area contributed by atoms with Gasteiger partial charge in [-0.15, -0.1) is 0 Å². The molecule has 5 heteroatoms. The lowest BCUT2D eigenvalue weighted by Crippen LogP contribution is -2.45. The van der Waals surface area contributed by atoms with E-state index in [2.05, 4.69) is 53.8 Å². The van der Waals surface area contributed by atoms with Gasteiger partial charge in [0.05, 0.1) is 12.5 Å². The summed E-state index contributed by atoms with van der Waals surface area (Å²) in [5.74, 6) is -0.580. The van der Waals surface area contributed by atoms with Crippen LogP contribution in [0.25, 0.3) is 0 Å². The number of carboxylic acid groups (broad SMARTS) is 1. The Kier molecular flexibility index (Phi) is 9.23. The van der Waals surface area contributed by atoms with E-state index in [0.29, 0.717) is 12.3 Å². The van der Waals surface area contributed by atoms with Crippen molar-refractivity contribution in [3.05, 3.63) is 11.6 Å². The van der Waals surface area contributed by atoms with Crippen molar-refractivity contribution >= 4 is 14.3 Å². The molecule has 158 valence electrons. The standard InChI is InChI=1S/C22H42O4Si/c1-8-9-10-16(2)20(26-27(6,7)22(3,4)5)14-12-17-11-13-19(23)18(17)15-21(24)25/h11,16,18-20,23H,8-10,12-15H2,1-7H3,(H,24,25)/t16?,18-,19+,20?/m1/s1. The number of hydrogen-bond acceptors (Lipinski definition) is 3. The van der Waals surface area contributed by atoms with Crippen molar-refractivity contribution < 1.29 is 19.4 Å². The zero-order chi connectivity index (χ0) is 20.8. The van der Waals surface area contributed by atoms with Crippen molar-refractivity contribution in [2.24, 2.45) is 11.8 Å². The van der Waals surface area contributed by atoms with Crippen LogP contribution in [0.15, 0.2) is 11.6 Å². The Morgan fingerprint density at radius 2 is 1.96 bits per heavy atom. The Bertz CT molecular complexity index is 507. The predicted molar refractivity (Wildman–Crippen MR) is 114 cm³/mol. The second-order valence-electron chi connectivity index (χ2n) is 9.86. The second-order valence-corrected chi connectivity index (χ2v) is 14.6. The summed E-state index contributed by atoms with van der Waals surface area (Å²) in [5.41, 5.74) is 1.11. The third-order valence-corrected chi connectivity index (χ3v) is 11.1. The number of hydrogen-bond donors (Lipinski definition) is 2. The topological polar surface area (TPSA) is 66.8 Å². The molecule has 27 heavy (non-hydrogen) atoms. The van der Waals surface area contributed by atoms with Crippen LogP contribution in [0.2, 0.25) is 18.1 Å². The van der Waals surface area contributed by atoms with Crippen molar-refractivity contribution in [2.75, 3.05) is 0 Å². The summed E-state index contributed by atoms with van der Waals surface area (Å²) in [5, 5.41) is 19.5. The highest BCUT2D eigenvalue weighted by Crippen LogP contribution is 2.40. The first kappa shape index (κ1) is 24.4. The molecule has 1 aliphatic carbocycles. The molecule has 0 aromatic carbocycles. The summed E-state index contributed by atoms with van der Waals surface area (Å²) in [6.07, 6.45) is 7.59. The van der Waals surface area contributed by atoms with Crippen molar-refractivity contribution in [2.45, 2.75) is 110 Å². The minimum atomic E-state index is -1.87. The molecule has 0 fully saturated rings. The van der Waals surface area contributed by atoms with E-state index in [9.17, 15) is 9.90 Å². The van der Waals surface area contributed by atoms with Gasteiger partial charge in [-0.2, -0.15) is 0 Å². The fourth-order valence-electron chi connectivity index (χ4n) is 3.61. The first-order chi connectivity index (χ1) is 12.4. The van der Waals surface area contributed by atoms with Crippen LogP contribution in [0.3, 0.4) is 0 Å². The molecule has 2 N–H and O–H groups in total. The largest absolute Gasteiger partial charge is 0.481 e. The molecule has 0 radical (unpaired) electrons. The normalized spacial score (nSPS) is 23.2. The van der Waals surface area contributed by atoms with Crippen LogP contribution in [0.5, 0.6) is 0 Å². The van der Waals surface area contributed by atoms with Gasteiger partial charge in [-0.3, -0.25) is 4.79 Å². The lowest BCUT2D eigenvalue weighted by Gasteiger charge is -2.41. The summed E-state index contributed by atoms with van der Waals surface area (Å²) in [7, 11) is -1.87. The number of aliphatic hydroxyl groups is 1. The van der Waals surface area contributed by atoms with Gasteiger partial charge in [0.15, 0.2) is 8.32 Å². The molecule has 1 aliphatic rings. The maximum atomic E-state index is 11.2. The van der Waals surface area contributed by atoms with E-state index < -0.39 is 20.4 Å². The van der Waals surface area contributed by atoms with E-state index in [1.54, 1.807) is 0 Å². The van der Waals surface area contributed by atoms with Crippen LogP contribution in [0, 0.1) is 11.8 Å². The lowest BCUT2D eigenvalue weighted by molar-refractivity contribution is -0.138. The van der Waals surface area contributed by atoms with Gasteiger partial charge in [-0.1, -0.05) is 59.1 Å². The van der Waals surface area contributed by atoms with Crippen molar-refractivity contribution in [3.8, 4) is 0 Å². The minimum Gasteiger partial charge on any atom is -0.481 e. The van der Waals surface area contributed by atoms with Gasteiger partial charge in [0.1, 0.15) is 0 Å². The summed E-state index contributed by atoms with van der Waals surface area (Å²) >= 11 is 0. The minimum absolute atomic E-state index is 0.0200. The van der Waals surface area contributed by atoms with E-state index in [0.717, 1.165) is 24.8 Å². The summed E-state index contributed by atoms with van der Waals surface area (Å²) in [4.78, 5) is 11.2. The monoisotopic (exact) mass is 398 g/mol. The molecule has 0 amide bonds. The number of aliphatic hydroxyl groups excluding tert-OH is 1. The highest BCUT2D eigenvalue weighted by molar-refractivity contribution is 6.74. The molecular formula is C22H42O4Si. The average Bonchev–Trinajstić information content (AvgIpc) is 2.87. The fraction of sp³-hybridized carbons (Fsp3) is 0.864. The van der Waals surface area contributed by atoms with Gasteiger partial charge >= 0.3 is 5.97 Å². The Labute approximate surface area is 167 Å². The Morgan fingerprint density at radius 1 is 1.33 bits per heavy atom. The molecule has 0 saturated carbocycles. The Hall–Kier alpha value is -0.653. The maximum absolute atomic E-state index is 11.2. The smallest absolute Gasteiger partial charge is 0.304 e. The van der Waals surface area contributed by atoms with Crippen molar-refractivity contribution in [1.82, 2.24) is 0 Å². The van der Waals surface area contributed by atoms with E-state index in [1.165, 1.54) is 12.8 Å². The van der Waals surface area contributed by atoms with Crippen LogP contribution in [-0.2, 0) is 9.22 Å². The van der Waals surface area contributed by atoms with Gasteiger partial charge in [-0.05, 0) is 49.7 Å². The zero-order valence-corrected chi connectivity index (χ0v) is 19.5. The number of rotatable bonds is 11. The molecule has 1 rings (SSSR count). The first-order valence-electron chi connectivity index (χ1n) is 10.7. The summed E-state index contributed by atoms with van der Waals surface area (Å²) in [6, 6.07) is 0. The number of aliphatic carboxylic acids is 1. The fourth-order valence-corrected chi connectivity index (χ4v) is 5.07. The number of carboxylic acids is 1. The number of carbonyl (C=O) groups is 1. The molecule has 0 aromatic rings. The third kappa shape index (κ3) is 7.35. The van der Waals surface area contributed by atoms with Crippen molar-refractivity contribution in [3.63, 3.8) is 0 Å². The van der Waals surface area contributed by atoms with Crippen LogP contribution in [0.1, 0.15) is 79.6 Å². The highest BCUT2D eigenvalue weighted by atomic mass is 28.4. The molecule has 4 atom stereocenters. The quantitative estimate of drug-likeness (QED) is 0.343. The Morgan fingerprint density at radius 3 is 2.48 bits per heavy atom. The molecule has 0 spiro atoms. The molecule has 4 nitrogen and oxygen atoms in total. The first-order valence-corrected chi connectivity index (χ1v) is 13.6. The van der Waals surface area contributed by atoms with Crippen LogP contribution in [0.4, 0.5) is 0 Å². The molecule has 2 unspecified atom stereocenters. The molecule has 0 saturated heterocycles. The second kappa shape index (κ2) is 10.2. The Balaban J connectivity index is 2.83.